The summed E-state index contributed by atoms with van der Waals surface area (Å²) in [7, 11) is 2.06. The third-order valence-electron chi connectivity index (χ3n) is 2.96. The SMILES string of the molecule is CNC1(c2nc(C)cs2)CCCC1. The van der Waals surface area contributed by atoms with E-state index in [0.29, 0.717) is 0 Å². The molecule has 1 N–H and O–H groups in total. The van der Waals surface area contributed by atoms with Crippen LogP contribution in [0, 0.1) is 6.92 Å². The van der Waals surface area contributed by atoms with Crippen LogP contribution in [0.5, 0.6) is 0 Å². The van der Waals surface area contributed by atoms with Gasteiger partial charge in [-0.15, -0.1) is 11.3 Å². The smallest absolute Gasteiger partial charge is 0.113 e. The van der Waals surface area contributed by atoms with Crippen LogP contribution in [-0.2, 0) is 5.54 Å². The van der Waals surface area contributed by atoms with Gasteiger partial charge in [0.2, 0.25) is 0 Å². The van der Waals surface area contributed by atoms with E-state index >= 15 is 0 Å². The zero-order valence-corrected chi connectivity index (χ0v) is 9.08. The number of hydrogen-bond acceptors (Lipinski definition) is 3. The quantitative estimate of drug-likeness (QED) is 0.786. The molecule has 2 rings (SSSR count). The molecule has 0 unspecified atom stereocenters. The van der Waals surface area contributed by atoms with Crippen LogP contribution in [-0.4, -0.2) is 12.0 Å². The second-order valence-corrected chi connectivity index (χ2v) is 4.69. The highest BCUT2D eigenvalue weighted by Crippen LogP contribution is 2.39. The summed E-state index contributed by atoms with van der Waals surface area (Å²) in [4.78, 5) is 4.59. The molecule has 1 aromatic heterocycles. The van der Waals surface area contributed by atoms with Crippen LogP contribution in [0.2, 0.25) is 0 Å². The van der Waals surface area contributed by atoms with E-state index in [4.69, 9.17) is 0 Å². The Kier molecular flexibility index (Phi) is 2.39. The molecule has 0 saturated heterocycles. The highest BCUT2D eigenvalue weighted by molar-refractivity contribution is 7.09. The molecule has 13 heavy (non-hydrogen) atoms. The molecule has 0 spiro atoms. The fourth-order valence-electron chi connectivity index (χ4n) is 2.12. The maximum Gasteiger partial charge on any atom is 0.113 e. The lowest BCUT2D eigenvalue weighted by Gasteiger charge is -2.25. The van der Waals surface area contributed by atoms with Crippen LogP contribution in [0.15, 0.2) is 5.38 Å². The summed E-state index contributed by atoms with van der Waals surface area (Å²) in [6.07, 6.45) is 5.16. The summed E-state index contributed by atoms with van der Waals surface area (Å²) in [6.45, 7) is 2.07. The van der Waals surface area contributed by atoms with Crippen LogP contribution in [0.1, 0.15) is 36.4 Å². The van der Waals surface area contributed by atoms with E-state index in [-0.39, 0.29) is 5.54 Å². The highest BCUT2D eigenvalue weighted by Gasteiger charge is 2.36. The summed E-state index contributed by atoms with van der Waals surface area (Å²) in [6, 6.07) is 0. The number of aryl methyl sites for hydroxylation is 1. The predicted molar refractivity (Wildman–Crippen MR) is 56.1 cm³/mol. The van der Waals surface area contributed by atoms with Crippen molar-refractivity contribution in [2.75, 3.05) is 7.05 Å². The fraction of sp³-hybridized carbons (Fsp3) is 0.700. The van der Waals surface area contributed by atoms with Gasteiger partial charge in [-0.05, 0) is 26.8 Å². The molecule has 1 aliphatic carbocycles. The Morgan fingerprint density at radius 1 is 1.46 bits per heavy atom. The maximum atomic E-state index is 4.59. The second-order valence-electron chi connectivity index (χ2n) is 3.83. The molecule has 0 bridgehead atoms. The van der Waals surface area contributed by atoms with Crippen molar-refractivity contribution in [1.29, 1.82) is 0 Å². The van der Waals surface area contributed by atoms with E-state index < -0.39 is 0 Å². The maximum absolute atomic E-state index is 4.59. The third-order valence-corrected chi connectivity index (χ3v) is 4.13. The molecule has 1 aliphatic rings. The van der Waals surface area contributed by atoms with Crippen LogP contribution in [0.4, 0.5) is 0 Å². The van der Waals surface area contributed by atoms with Crippen molar-refractivity contribution >= 4 is 11.3 Å². The van der Waals surface area contributed by atoms with Crippen LogP contribution in [0.3, 0.4) is 0 Å². The van der Waals surface area contributed by atoms with Gasteiger partial charge >= 0.3 is 0 Å². The Hall–Kier alpha value is -0.410. The lowest BCUT2D eigenvalue weighted by molar-refractivity contribution is 0.370. The van der Waals surface area contributed by atoms with Crippen molar-refractivity contribution in [1.82, 2.24) is 10.3 Å². The molecule has 0 amide bonds. The van der Waals surface area contributed by atoms with Crippen LogP contribution < -0.4 is 5.32 Å². The molecule has 0 radical (unpaired) electrons. The molecular weight excluding hydrogens is 180 g/mol. The topological polar surface area (TPSA) is 24.9 Å². The Morgan fingerprint density at radius 2 is 2.15 bits per heavy atom. The molecule has 3 heteroatoms. The van der Waals surface area contributed by atoms with Crippen molar-refractivity contribution in [2.24, 2.45) is 0 Å². The minimum atomic E-state index is 0.207. The molecule has 1 saturated carbocycles. The molecule has 2 nitrogen and oxygen atoms in total. The number of nitrogens with one attached hydrogen (secondary N) is 1. The average Bonchev–Trinajstić information content (AvgIpc) is 2.73. The predicted octanol–water partition coefficient (Wildman–Crippen LogP) is 2.44. The first kappa shape index (κ1) is 9.16. The largest absolute Gasteiger partial charge is 0.308 e. The van der Waals surface area contributed by atoms with Crippen LogP contribution >= 0.6 is 11.3 Å². The van der Waals surface area contributed by atoms with E-state index in [1.54, 1.807) is 11.3 Å². The van der Waals surface area contributed by atoms with Crippen molar-refractivity contribution in [3.05, 3.63) is 16.1 Å². The van der Waals surface area contributed by atoms with Gasteiger partial charge in [-0.2, -0.15) is 0 Å². The normalized spacial score (nSPS) is 20.8. The van der Waals surface area contributed by atoms with E-state index in [9.17, 15) is 0 Å². The summed E-state index contributed by atoms with van der Waals surface area (Å²) in [5.41, 5.74) is 1.36. The minimum Gasteiger partial charge on any atom is -0.308 e. The van der Waals surface area contributed by atoms with Crippen molar-refractivity contribution in [3.63, 3.8) is 0 Å². The monoisotopic (exact) mass is 196 g/mol. The lowest BCUT2D eigenvalue weighted by atomic mass is 9.99. The molecule has 72 valence electrons. The Morgan fingerprint density at radius 3 is 2.62 bits per heavy atom. The summed E-state index contributed by atoms with van der Waals surface area (Å²) in [5, 5.41) is 6.88. The van der Waals surface area contributed by atoms with Gasteiger partial charge in [0.1, 0.15) is 5.01 Å². The Labute approximate surface area is 83.4 Å². The zero-order chi connectivity index (χ0) is 9.31. The van der Waals surface area contributed by atoms with Gasteiger partial charge in [-0.3, -0.25) is 0 Å². The average molecular weight is 196 g/mol. The molecular formula is C10H16N2S. The number of rotatable bonds is 2. The lowest BCUT2D eigenvalue weighted by Crippen LogP contribution is -2.36. The molecule has 0 aliphatic heterocycles. The second kappa shape index (κ2) is 3.39. The van der Waals surface area contributed by atoms with Crippen molar-refractivity contribution in [2.45, 2.75) is 38.1 Å². The van der Waals surface area contributed by atoms with Gasteiger partial charge < -0.3 is 5.32 Å². The molecule has 1 heterocycles. The van der Waals surface area contributed by atoms with E-state index in [2.05, 4.69) is 29.7 Å². The first-order valence-electron chi connectivity index (χ1n) is 4.88. The van der Waals surface area contributed by atoms with Crippen molar-refractivity contribution < 1.29 is 0 Å². The summed E-state index contributed by atoms with van der Waals surface area (Å²) < 4.78 is 0. The molecule has 1 aromatic rings. The highest BCUT2D eigenvalue weighted by atomic mass is 32.1. The first-order chi connectivity index (χ1) is 6.27. The fourth-order valence-corrected chi connectivity index (χ4v) is 3.19. The Bertz CT molecular complexity index is 287. The van der Waals surface area contributed by atoms with E-state index in [1.165, 1.54) is 30.7 Å². The van der Waals surface area contributed by atoms with E-state index in [0.717, 1.165) is 5.69 Å². The van der Waals surface area contributed by atoms with Crippen molar-refractivity contribution in [3.8, 4) is 0 Å². The standard InChI is InChI=1S/C10H16N2S/c1-8-7-13-9(12-8)10(11-2)5-3-4-6-10/h7,11H,3-6H2,1-2H3. The number of hydrogen-bond donors (Lipinski definition) is 1. The van der Waals surface area contributed by atoms with Gasteiger partial charge in [0, 0.05) is 11.1 Å². The van der Waals surface area contributed by atoms with Gasteiger partial charge in [0.15, 0.2) is 0 Å². The first-order valence-corrected chi connectivity index (χ1v) is 5.76. The third kappa shape index (κ3) is 1.51. The summed E-state index contributed by atoms with van der Waals surface area (Å²) in [5.74, 6) is 0. The Balaban J connectivity index is 2.30. The minimum absolute atomic E-state index is 0.207. The van der Waals surface area contributed by atoms with Gasteiger partial charge in [-0.25, -0.2) is 4.98 Å². The summed E-state index contributed by atoms with van der Waals surface area (Å²) >= 11 is 1.80. The van der Waals surface area contributed by atoms with Gasteiger partial charge in [0.25, 0.3) is 0 Å². The van der Waals surface area contributed by atoms with E-state index in [1.807, 2.05) is 0 Å². The van der Waals surface area contributed by atoms with Gasteiger partial charge in [-0.1, -0.05) is 12.8 Å². The molecule has 0 aromatic carbocycles. The zero-order valence-electron chi connectivity index (χ0n) is 8.26. The number of aromatic nitrogens is 1. The number of nitrogens with zero attached hydrogens (tertiary/aromatic N) is 1. The molecule has 0 atom stereocenters. The molecule has 1 fully saturated rings. The van der Waals surface area contributed by atoms with Gasteiger partial charge in [0.05, 0.1) is 5.54 Å². The van der Waals surface area contributed by atoms with Crippen LogP contribution in [0.25, 0.3) is 0 Å². The number of thiazole rings is 1.